The molecule has 1 unspecified atom stereocenters. The van der Waals surface area contributed by atoms with E-state index in [1.165, 1.54) is 31.8 Å². The molecule has 0 aliphatic heterocycles. The van der Waals surface area contributed by atoms with Crippen molar-refractivity contribution >= 4 is 11.9 Å². The Labute approximate surface area is 169 Å². The predicted octanol–water partition coefficient (Wildman–Crippen LogP) is 5.06. The van der Waals surface area contributed by atoms with Gasteiger partial charge >= 0.3 is 11.9 Å². The molecule has 3 saturated carbocycles. The van der Waals surface area contributed by atoms with Crippen LogP contribution in [-0.4, -0.2) is 24.6 Å². The number of fused-ring (bicyclic) bond motifs is 3. The standard InChI is InChI=1S/C24H36O4/c1-15-13-24-12-9-19-22(4,14-27-16(2)25)10-6-11-23(19,5)20(24)8-7-18(15)21(24)28-17(3)26/h13,18-21H,6-12,14H2,1-5H3/t18-,19-,20+,21?,22+,23-,24+/m1/s1. The van der Waals surface area contributed by atoms with Gasteiger partial charge in [-0.2, -0.15) is 0 Å². The van der Waals surface area contributed by atoms with Gasteiger partial charge in [0.25, 0.3) is 0 Å². The third-order valence-electron chi connectivity index (χ3n) is 9.05. The largest absolute Gasteiger partial charge is 0.465 e. The van der Waals surface area contributed by atoms with E-state index >= 15 is 0 Å². The Balaban J connectivity index is 1.70. The summed E-state index contributed by atoms with van der Waals surface area (Å²) >= 11 is 0. The van der Waals surface area contributed by atoms with E-state index in [0.717, 1.165) is 25.7 Å². The molecule has 4 heteroatoms. The van der Waals surface area contributed by atoms with Gasteiger partial charge in [0.05, 0.1) is 6.61 Å². The molecule has 28 heavy (non-hydrogen) atoms. The summed E-state index contributed by atoms with van der Waals surface area (Å²) in [5.74, 6) is 1.16. The molecule has 0 aromatic carbocycles. The normalized spacial score (nSPS) is 46.8. The fourth-order valence-corrected chi connectivity index (χ4v) is 8.17. The van der Waals surface area contributed by atoms with Crippen LogP contribution in [0.2, 0.25) is 0 Å². The van der Waals surface area contributed by atoms with Gasteiger partial charge in [0.2, 0.25) is 0 Å². The zero-order chi connectivity index (χ0) is 20.3. The molecular formula is C24H36O4. The Morgan fingerprint density at radius 1 is 1.04 bits per heavy atom. The van der Waals surface area contributed by atoms with Crippen LogP contribution in [0, 0.1) is 34.0 Å². The molecule has 156 valence electrons. The van der Waals surface area contributed by atoms with Crippen LogP contribution in [0.15, 0.2) is 11.6 Å². The van der Waals surface area contributed by atoms with E-state index in [1.807, 2.05) is 0 Å². The zero-order valence-electron chi connectivity index (χ0n) is 18.2. The Kier molecular flexibility index (Phi) is 4.71. The Morgan fingerprint density at radius 2 is 1.79 bits per heavy atom. The number of carbonyl (C=O) groups excluding carboxylic acids is 2. The molecule has 4 aliphatic rings. The van der Waals surface area contributed by atoms with Crippen LogP contribution < -0.4 is 0 Å². The maximum Gasteiger partial charge on any atom is 0.302 e. The molecule has 0 amide bonds. The zero-order valence-corrected chi connectivity index (χ0v) is 18.2. The molecule has 0 aromatic rings. The van der Waals surface area contributed by atoms with Crippen LogP contribution >= 0.6 is 0 Å². The van der Waals surface area contributed by atoms with Gasteiger partial charge in [0.15, 0.2) is 0 Å². The van der Waals surface area contributed by atoms with Crippen LogP contribution in [0.3, 0.4) is 0 Å². The first kappa shape index (κ1) is 20.0. The lowest BCUT2D eigenvalue weighted by Crippen LogP contribution is -2.61. The van der Waals surface area contributed by atoms with E-state index in [4.69, 9.17) is 9.47 Å². The van der Waals surface area contributed by atoms with Gasteiger partial charge in [-0.25, -0.2) is 0 Å². The van der Waals surface area contributed by atoms with Gasteiger partial charge in [0, 0.05) is 30.6 Å². The molecule has 7 atom stereocenters. The quantitative estimate of drug-likeness (QED) is 0.501. The van der Waals surface area contributed by atoms with E-state index in [2.05, 4.69) is 26.8 Å². The summed E-state index contributed by atoms with van der Waals surface area (Å²) in [4.78, 5) is 23.4. The fraction of sp³-hybridized carbons (Fsp3) is 0.833. The van der Waals surface area contributed by atoms with Crippen molar-refractivity contribution in [3.8, 4) is 0 Å². The molecule has 0 radical (unpaired) electrons. The molecule has 0 N–H and O–H groups in total. The highest BCUT2D eigenvalue weighted by molar-refractivity contribution is 5.66. The van der Waals surface area contributed by atoms with Gasteiger partial charge in [-0.1, -0.05) is 31.9 Å². The highest BCUT2D eigenvalue weighted by Gasteiger charge is 2.66. The van der Waals surface area contributed by atoms with Crippen molar-refractivity contribution in [2.75, 3.05) is 6.61 Å². The first-order valence-corrected chi connectivity index (χ1v) is 11.1. The van der Waals surface area contributed by atoms with E-state index in [1.54, 1.807) is 6.92 Å². The van der Waals surface area contributed by atoms with Crippen molar-refractivity contribution in [1.29, 1.82) is 0 Å². The molecule has 4 nitrogen and oxygen atoms in total. The minimum Gasteiger partial charge on any atom is -0.465 e. The monoisotopic (exact) mass is 388 g/mol. The molecule has 4 aliphatic carbocycles. The van der Waals surface area contributed by atoms with Crippen molar-refractivity contribution in [1.82, 2.24) is 0 Å². The first-order valence-electron chi connectivity index (χ1n) is 11.1. The fourth-order valence-electron chi connectivity index (χ4n) is 8.17. The van der Waals surface area contributed by atoms with Gasteiger partial charge in [-0.05, 0) is 62.7 Å². The summed E-state index contributed by atoms with van der Waals surface area (Å²) in [6, 6.07) is 0. The SMILES string of the molecule is CC(=O)OC[C@]1(C)CCC[C@]2(C)[C@@H]1CC[C@]13C=C(C)[C@@H](CC[C@@H]21)C3OC(C)=O. The molecule has 4 rings (SSSR count). The lowest BCUT2D eigenvalue weighted by molar-refractivity contribution is -0.199. The average molecular weight is 389 g/mol. The second-order valence-corrected chi connectivity index (χ2v) is 10.7. The summed E-state index contributed by atoms with van der Waals surface area (Å²) in [7, 11) is 0. The van der Waals surface area contributed by atoms with Crippen LogP contribution in [0.5, 0.6) is 0 Å². The van der Waals surface area contributed by atoms with E-state index in [-0.39, 0.29) is 34.3 Å². The highest BCUT2D eigenvalue weighted by Crippen LogP contribution is 2.71. The van der Waals surface area contributed by atoms with Crippen LogP contribution in [0.1, 0.15) is 79.6 Å². The highest BCUT2D eigenvalue weighted by atomic mass is 16.5. The second-order valence-electron chi connectivity index (χ2n) is 10.7. The van der Waals surface area contributed by atoms with Gasteiger partial charge in [0.1, 0.15) is 6.10 Å². The number of carbonyl (C=O) groups is 2. The first-order chi connectivity index (χ1) is 13.1. The maximum absolute atomic E-state index is 11.9. The minimum atomic E-state index is -0.175. The van der Waals surface area contributed by atoms with E-state index < -0.39 is 0 Å². The molecule has 0 aromatic heterocycles. The van der Waals surface area contributed by atoms with Crippen molar-refractivity contribution in [2.45, 2.75) is 85.7 Å². The molecule has 2 bridgehead atoms. The van der Waals surface area contributed by atoms with E-state index in [0.29, 0.717) is 24.4 Å². The molecular weight excluding hydrogens is 352 g/mol. The third kappa shape index (κ3) is 2.77. The lowest BCUT2D eigenvalue weighted by atomic mass is 9.40. The topological polar surface area (TPSA) is 52.6 Å². The number of rotatable bonds is 3. The van der Waals surface area contributed by atoms with Crippen molar-refractivity contribution in [3.63, 3.8) is 0 Å². The summed E-state index contributed by atoms with van der Waals surface area (Å²) in [6.45, 7) is 10.7. The number of ether oxygens (including phenoxy) is 2. The van der Waals surface area contributed by atoms with Crippen LogP contribution in [-0.2, 0) is 19.1 Å². The molecule has 1 spiro atoms. The predicted molar refractivity (Wildman–Crippen MR) is 107 cm³/mol. The lowest BCUT2D eigenvalue weighted by Gasteiger charge is -2.65. The van der Waals surface area contributed by atoms with E-state index in [9.17, 15) is 9.59 Å². The minimum absolute atomic E-state index is 0.00357. The third-order valence-corrected chi connectivity index (χ3v) is 9.05. The number of hydrogen-bond acceptors (Lipinski definition) is 4. The number of hydrogen-bond donors (Lipinski definition) is 0. The van der Waals surface area contributed by atoms with Crippen molar-refractivity contribution in [2.24, 2.45) is 34.0 Å². The second kappa shape index (κ2) is 6.60. The van der Waals surface area contributed by atoms with Gasteiger partial charge in [-0.3, -0.25) is 9.59 Å². The smallest absolute Gasteiger partial charge is 0.302 e. The van der Waals surface area contributed by atoms with Crippen molar-refractivity contribution < 1.29 is 19.1 Å². The molecule has 0 heterocycles. The van der Waals surface area contributed by atoms with Crippen LogP contribution in [0.25, 0.3) is 0 Å². The molecule has 3 fully saturated rings. The summed E-state index contributed by atoms with van der Waals surface area (Å²) in [5.41, 5.74) is 1.68. The van der Waals surface area contributed by atoms with Crippen molar-refractivity contribution in [3.05, 3.63) is 11.6 Å². The Morgan fingerprint density at radius 3 is 2.46 bits per heavy atom. The number of esters is 2. The summed E-state index contributed by atoms with van der Waals surface area (Å²) < 4.78 is 11.5. The summed E-state index contributed by atoms with van der Waals surface area (Å²) in [6.07, 6.45) is 10.6. The average Bonchev–Trinajstić information content (AvgIpc) is 2.74. The Bertz CT molecular complexity index is 711. The maximum atomic E-state index is 11.9. The molecule has 0 saturated heterocycles. The summed E-state index contributed by atoms with van der Waals surface area (Å²) in [5, 5.41) is 0. The van der Waals surface area contributed by atoms with Crippen LogP contribution in [0.4, 0.5) is 0 Å². The van der Waals surface area contributed by atoms with Gasteiger partial charge < -0.3 is 9.47 Å². The Hall–Kier alpha value is -1.32. The van der Waals surface area contributed by atoms with Gasteiger partial charge in [-0.15, -0.1) is 0 Å².